The molecule has 128 valence electrons. The Morgan fingerprint density at radius 3 is 2.80 bits per heavy atom. The van der Waals surface area contributed by atoms with Gasteiger partial charge in [-0.05, 0) is 42.7 Å². The number of imidazole rings is 1. The second-order valence-electron chi connectivity index (χ2n) is 6.34. The molecule has 1 aliphatic rings. The average Bonchev–Trinajstić information content (AvgIpc) is 3.35. The summed E-state index contributed by atoms with van der Waals surface area (Å²) in [5.41, 5.74) is 2.42. The highest BCUT2D eigenvalue weighted by molar-refractivity contribution is 5.39. The molecule has 0 spiro atoms. The van der Waals surface area contributed by atoms with Crippen molar-refractivity contribution in [2.24, 2.45) is 0 Å². The van der Waals surface area contributed by atoms with Crippen LogP contribution in [0.1, 0.15) is 18.4 Å². The lowest BCUT2D eigenvalue weighted by atomic mass is 10.2. The van der Waals surface area contributed by atoms with E-state index in [1.807, 2.05) is 29.2 Å². The molecular formula is C19H22N6. The van der Waals surface area contributed by atoms with E-state index in [1.165, 1.54) is 18.4 Å². The second-order valence-corrected chi connectivity index (χ2v) is 6.34. The molecule has 6 nitrogen and oxygen atoms in total. The summed E-state index contributed by atoms with van der Waals surface area (Å²) in [7, 11) is 0. The van der Waals surface area contributed by atoms with Gasteiger partial charge in [-0.3, -0.25) is 0 Å². The number of benzene rings is 1. The van der Waals surface area contributed by atoms with E-state index in [-0.39, 0.29) is 0 Å². The van der Waals surface area contributed by atoms with Crippen molar-refractivity contribution >= 4 is 5.82 Å². The standard InChI is InChI=1S/C19H22N6/c1-4-19(23-22-9-1)25-11-2-3-18(25)14-21-13-16-5-7-17(8-6-16)24-12-10-20-15-24/h1,4-10,12,15,18,21H,2-3,11,13-14H2. The smallest absolute Gasteiger partial charge is 0.151 e. The first-order valence-corrected chi connectivity index (χ1v) is 8.72. The van der Waals surface area contributed by atoms with Gasteiger partial charge in [-0.2, -0.15) is 5.10 Å². The van der Waals surface area contributed by atoms with Gasteiger partial charge in [-0.1, -0.05) is 12.1 Å². The summed E-state index contributed by atoms with van der Waals surface area (Å²) in [6.07, 6.45) is 9.69. The van der Waals surface area contributed by atoms with Gasteiger partial charge in [0.15, 0.2) is 5.82 Å². The fourth-order valence-electron chi connectivity index (χ4n) is 3.38. The van der Waals surface area contributed by atoms with Crippen LogP contribution in [-0.2, 0) is 6.54 Å². The summed E-state index contributed by atoms with van der Waals surface area (Å²) in [5.74, 6) is 0.983. The van der Waals surface area contributed by atoms with Crippen LogP contribution >= 0.6 is 0 Å². The maximum Gasteiger partial charge on any atom is 0.151 e. The van der Waals surface area contributed by atoms with E-state index in [1.54, 1.807) is 12.4 Å². The minimum absolute atomic E-state index is 0.488. The largest absolute Gasteiger partial charge is 0.351 e. The molecule has 0 bridgehead atoms. The van der Waals surface area contributed by atoms with Crippen molar-refractivity contribution in [1.82, 2.24) is 25.1 Å². The van der Waals surface area contributed by atoms with Gasteiger partial charge in [-0.25, -0.2) is 4.98 Å². The Morgan fingerprint density at radius 2 is 2.04 bits per heavy atom. The van der Waals surface area contributed by atoms with Gasteiger partial charge in [0.1, 0.15) is 0 Å². The van der Waals surface area contributed by atoms with Crippen LogP contribution in [0.5, 0.6) is 0 Å². The summed E-state index contributed by atoms with van der Waals surface area (Å²) in [4.78, 5) is 6.45. The van der Waals surface area contributed by atoms with E-state index < -0.39 is 0 Å². The lowest BCUT2D eigenvalue weighted by Gasteiger charge is -2.25. The van der Waals surface area contributed by atoms with Crippen molar-refractivity contribution in [3.05, 3.63) is 66.9 Å². The number of rotatable bonds is 6. The molecule has 1 aliphatic heterocycles. The lowest BCUT2D eigenvalue weighted by molar-refractivity contribution is 0.569. The summed E-state index contributed by atoms with van der Waals surface area (Å²) in [6.45, 7) is 2.89. The molecule has 1 N–H and O–H groups in total. The van der Waals surface area contributed by atoms with E-state index >= 15 is 0 Å². The molecule has 0 aliphatic carbocycles. The minimum atomic E-state index is 0.488. The monoisotopic (exact) mass is 334 g/mol. The fraction of sp³-hybridized carbons (Fsp3) is 0.316. The second kappa shape index (κ2) is 7.44. The molecular weight excluding hydrogens is 312 g/mol. The predicted octanol–water partition coefficient (Wildman–Crippen LogP) is 2.42. The number of hydrogen-bond acceptors (Lipinski definition) is 5. The Morgan fingerprint density at radius 1 is 1.12 bits per heavy atom. The molecule has 1 unspecified atom stereocenters. The highest BCUT2D eigenvalue weighted by Gasteiger charge is 2.25. The Bertz CT molecular complexity index is 769. The van der Waals surface area contributed by atoms with Crippen molar-refractivity contribution < 1.29 is 0 Å². The van der Waals surface area contributed by atoms with Crippen LogP contribution in [0.15, 0.2) is 61.3 Å². The highest BCUT2D eigenvalue weighted by atomic mass is 15.3. The van der Waals surface area contributed by atoms with E-state index in [9.17, 15) is 0 Å². The van der Waals surface area contributed by atoms with Crippen molar-refractivity contribution in [2.75, 3.05) is 18.0 Å². The molecule has 0 amide bonds. The van der Waals surface area contributed by atoms with Crippen LogP contribution in [0.25, 0.3) is 5.69 Å². The normalized spacial score (nSPS) is 17.1. The van der Waals surface area contributed by atoms with Gasteiger partial charge in [0, 0.05) is 50.0 Å². The van der Waals surface area contributed by atoms with Gasteiger partial charge in [-0.15, -0.1) is 5.10 Å². The number of hydrogen-bond donors (Lipinski definition) is 1. The van der Waals surface area contributed by atoms with Gasteiger partial charge in [0.05, 0.1) is 6.33 Å². The molecule has 3 heterocycles. The number of nitrogens with zero attached hydrogens (tertiary/aromatic N) is 5. The Hall–Kier alpha value is -2.73. The van der Waals surface area contributed by atoms with Crippen molar-refractivity contribution in [1.29, 1.82) is 0 Å². The predicted molar refractivity (Wildman–Crippen MR) is 97.7 cm³/mol. The van der Waals surface area contributed by atoms with Gasteiger partial charge < -0.3 is 14.8 Å². The summed E-state index contributed by atoms with van der Waals surface area (Å²) >= 11 is 0. The molecule has 0 radical (unpaired) electrons. The molecule has 3 aromatic rings. The van der Waals surface area contributed by atoms with Crippen LogP contribution in [0.4, 0.5) is 5.82 Å². The maximum absolute atomic E-state index is 4.25. The molecule has 0 saturated carbocycles. The summed E-state index contributed by atoms with van der Waals surface area (Å²) < 4.78 is 2.01. The van der Waals surface area contributed by atoms with Crippen LogP contribution in [0, 0.1) is 0 Å². The van der Waals surface area contributed by atoms with Gasteiger partial charge in [0.25, 0.3) is 0 Å². The van der Waals surface area contributed by atoms with E-state index in [4.69, 9.17) is 0 Å². The van der Waals surface area contributed by atoms with Gasteiger partial charge >= 0.3 is 0 Å². The maximum atomic E-state index is 4.25. The molecule has 4 rings (SSSR count). The minimum Gasteiger partial charge on any atom is -0.351 e. The van der Waals surface area contributed by atoms with Crippen molar-refractivity contribution in [3.8, 4) is 5.69 Å². The summed E-state index contributed by atoms with van der Waals surface area (Å²) in [5, 5.41) is 11.8. The molecule has 1 atom stereocenters. The third-order valence-electron chi connectivity index (χ3n) is 4.68. The third kappa shape index (κ3) is 3.69. The number of nitrogens with one attached hydrogen (secondary N) is 1. The van der Waals surface area contributed by atoms with Crippen LogP contribution in [0.3, 0.4) is 0 Å². The Kier molecular flexibility index (Phi) is 4.70. The molecule has 1 fully saturated rings. The zero-order valence-electron chi connectivity index (χ0n) is 14.1. The van der Waals surface area contributed by atoms with Crippen molar-refractivity contribution in [2.45, 2.75) is 25.4 Å². The van der Waals surface area contributed by atoms with Crippen LogP contribution < -0.4 is 10.2 Å². The first kappa shape index (κ1) is 15.8. The molecule has 1 saturated heterocycles. The first-order valence-electron chi connectivity index (χ1n) is 8.72. The zero-order chi connectivity index (χ0) is 16.9. The van der Waals surface area contributed by atoms with E-state index in [0.29, 0.717) is 6.04 Å². The molecule has 6 heteroatoms. The van der Waals surface area contributed by atoms with E-state index in [0.717, 1.165) is 31.1 Å². The lowest BCUT2D eigenvalue weighted by Crippen LogP contribution is -2.38. The van der Waals surface area contributed by atoms with Gasteiger partial charge in [0.2, 0.25) is 0 Å². The summed E-state index contributed by atoms with van der Waals surface area (Å²) in [6, 6.07) is 13.1. The van der Waals surface area contributed by atoms with Crippen LogP contribution in [-0.4, -0.2) is 38.9 Å². The van der Waals surface area contributed by atoms with E-state index in [2.05, 4.69) is 49.7 Å². The molecule has 1 aromatic carbocycles. The topological polar surface area (TPSA) is 58.9 Å². The van der Waals surface area contributed by atoms with Crippen LogP contribution in [0.2, 0.25) is 0 Å². The SMILES string of the molecule is c1cnnc(N2CCCC2CNCc2ccc(-n3ccnc3)cc2)c1. The Labute approximate surface area is 147 Å². The first-order chi connectivity index (χ1) is 12.4. The highest BCUT2D eigenvalue weighted by Crippen LogP contribution is 2.22. The van der Waals surface area contributed by atoms with Crippen molar-refractivity contribution in [3.63, 3.8) is 0 Å². The number of aromatic nitrogens is 4. The zero-order valence-corrected chi connectivity index (χ0v) is 14.1. The third-order valence-corrected chi connectivity index (χ3v) is 4.68. The molecule has 25 heavy (non-hydrogen) atoms. The quantitative estimate of drug-likeness (QED) is 0.750. The number of anilines is 1. The Balaban J connectivity index is 1.31. The average molecular weight is 334 g/mol. The fourth-order valence-corrected chi connectivity index (χ4v) is 3.38. The molecule has 2 aromatic heterocycles.